The summed E-state index contributed by atoms with van der Waals surface area (Å²) in [5, 5.41) is 9.83. The molecule has 0 spiro atoms. The van der Waals surface area contributed by atoms with Crippen LogP contribution in [0.2, 0.25) is 0 Å². The summed E-state index contributed by atoms with van der Waals surface area (Å²) >= 11 is 0. The van der Waals surface area contributed by atoms with Gasteiger partial charge < -0.3 is 5.11 Å². The van der Waals surface area contributed by atoms with E-state index in [0.717, 1.165) is 5.30 Å². The summed E-state index contributed by atoms with van der Waals surface area (Å²) in [4.78, 5) is 0. The van der Waals surface area contributed by atoms with E-state index in [2.05, 4.69) is 45.7 Å². The summed E-state index contributed by atoms with van der Waals surface area (Å²) < 4.78 is 0. The van der Waals surface area contributed by atoms with E-state index in [0.29, 0.717) is 5.75 Å². The molecule has 110 valence electrons. The SMILES string of the molecule is C(=Cc1ccccc1)c1ccccc1.Oc1ccc(P)cc1. The van der Waals surface area contributed by atoms with E-state index in [1.165, 1.54) is 11.1 Å². The largest absolute Gasteiger partial charge is 0.508 e. The van der Waals surface area contributed by atoms with Crippen molar-refractivity contribution < 1.29 is 5.11 Å². The lowest BCUT2D eigenvalue weighted by Crippen LogP contribution is -1.83. The van der Waals surface area contributed by atoms with E-state index in [9.17, 15) is 0 Å². The first kappa shape index (κ1) is 16.0. The van der Waals surface area contributed by atoms with E-state index >= 15 is 0 Å². The maximum Gasteiger partial charge on any atom is 0.115 e. The van der Waals surface area contributed by atoms with Gasteiger partial charge in [0.1, 0.15) is 5.75 Å². The second-order valence-corrected chi connectivity index (χ2v) is 5.41. The number of phenols is 1. The first-order valence-electron chi connectivity index (χ1n) is 7.07. The third kappa shape index (κ3) is 5.95. The van der Waals surface area contributed by atoms with E-state index in [1.807, 2.05) is 48.5 Å². The van der Waals surface area contributed by atoms with Crippen LogP contribution >= 0.6 is 9.24 Å². The fourth-order valence-corrected chi connectivity index (χ4v) is 1.99. The maximum absolute atomic E-state index is 8.75. The summed E-state index contributed by atoms with van der Waals surface area (Å²) in [5.74, 6) is 0.316. The third-order valence-corrected chi connectivity index (χ3v) is 3.35. The van der Waals surface area contributed by atoms with Crippen molar-refractivity contribution in [1.29, 1.82) is 0 Å². The van der Waals surface area contributed by atoms with Crippen LogP contribution in [0.5, 0.6) is 5.75 Å². The molecule has 2 heteroatoms. The summed E-state index contributed by atoms with van der Waals surface area (Å²) in [6.45, 7) is 0. The standard InChI is InChI=1S/C14H12.C6H7OP/c1-3-7-13(8-4-1)11-12-14-9-5-2-6-10-14;7-5-1-3-6(8)4-2-5/h1-12H;1-4,7H,8H2. The van der Waals surface area contributed by atoms with Gasteiger partial charge in [-0.05, 0) is 28.6 Å². The molecule has 0 fully saturated rings. The molecule has 1 atom stereocenters. The van der Waals surface area contributed by atoms with E-state index in [4.69, 9.17) is 5.11 Å². The lowest BCUT2D eigenvalue weighted by molar-refractivity contribution is 0.475. The molecule has 1 N–H and O–H groups in total. The monoisotopic (exact) mass is 306 g/mol. The zero-order valence-electron chi connectivity index (χ0n) is 12.3. The highest BCUT2D eigenvalue weighted by atomic mass is 31.0. The topological polar surface area (TPSA) is 20.2 Å². The van der Waals surface area contributed by atoms with Crippen LogP contribution in [-0.2, 0) is 0 Å². The average molecular weight is 306 g/mol. The Bertz CT molecular complexity index is 626. The maximum atomic E-state index is 8.75. The fraction of sp³-hybridized carbons (Fsp3) is 0. The summed E-state index contributed by atoms with van der Waals surface area (Å²) in [5.41, 5.74) is 2.47. The average Bonchev–Trinajstić information content (AvgIpc) is 2.58. The number of phenolic OH excluding ortho intramolecular Hbond substituents is 1. The Hall–Kier alpha value is -2.37. The molecule has 0 aromatic heterocycles. The van der Waals surface area contributed by atoms with Crippen LogP contribution in [0, 0.1) is 0 Å². The summed E-state index contributed by atoms with van der Waals surface area (Å²) in [7, 11) is 2.54. The van der Waals surface area contributed by atoms with Gasteiger partial charge in [-0.3, -0.25) is 0 Å². The molecule has 0 saturated heterocycles. The van der Waals surface area contributed by atoms with Crippen molar-refractivity contribution in [2.45, 2.75) is 0 Å². The molecule has 22 heavy (non-hydrogen) atoms. The third-order valence-electron chi connectivity index (χ3n) is 2.96. The lowest BCUT2D eigenvalue weighted by atomic mass is 10.1. The van der Waals surface area contributed by atoms with Crippen molar-refractivity contribution in [2.24, 2.45) is 0 Å². The highest BCUT2D eigenvalue weighted by molar-refractivity contribution is 7.27. The van der Waals surface area contributed by atoms with Crippen molar-refractivity contribution >= 4 is 26.7 Å². The minimum atomic E-state index is 0.316. The van der Waals surface area contributed by atoms with Crippen LogP contribution in [-0.4, -0.2) is 5.11 Å². The van der Waals surface area contributed by atoms with Crippen molar-refractivity contribution in [1.82, 2.24) is 0 Å². The predicted molar refractivity (Wildman–Crippen MR) is 99.3 cm³/mol. The van der Waals surface area contributed by atoms with Crippen molar-refractivity contribution in [3.05, 3.63) is 96.1 Å². The van der Waals surface area contributed by atoms with Gasteiger partial charge in [0, 0.05) is 0 Å². The second-order valence-electron chi connectivity index (χ2n) is 4.75. The Kier molecular flexibility index (Phi) is 6.41. The molecule has 3 rings (SSSR count). The fourth-order valence-electron chi connectivity index (χ4n) is 1.80. The molecule has 0 aliphatic heterocycles. The van der Waals surface area contributed by atoms with Gasteiger partial charge in [-0.2, -0.15) is 0 Å². The molecule has 0 heterocycles. The molecule has 3 aromatic carbocycles. The smallest absolute Gasteiger partial charge is 0.115 e. The van der Waals surface area contributed by atoms with Gasteiger partial charge >= 0.3 is 0 Å². The first-order valence-corrected chi connectivity index (χ1v) is 7.64. The summed E-state index contributed by atoms with van der Waals surface area (Å²) in [6, 6.07) is 27.6. The normalized spacial score (nSPS) is 10.0. The molecule has 0 bridgehead atoms. The van der Waals surface area contributed by atoms with Gasteiger partial charge in [-0.1, -0.05) is 84.9 Å². The van der Waals surface area contributed by atoms with Gasteiger partial charge in [0.05, 0.1) is 0 Å². The zero-order valence-corrected chi connectivity index (χ0v) is 13.4. The Morgan fingerprint density at radius 3 is 1.36 bits per heavy atom. The molecule has 0 radical (unpaired) electrons. The molecule has 0 amide bonds. The van der Waals surface area contributed by atoms with Gasteiger partial charge in [0.2, 0.25) is 0 Å². The summed E-state index contributed by atoms with van der Waals surface area (Å²) in [6.07, 6.45) is 4.24. The Morgan fingerprint density at radius 1 is 0.591 bits per heavy atom. The highest BCUT2D eigenvalue weighted by Gasteiger charge is 1.84. The van der Waals surface area contributed by atoms with Crippen LogP contribution in [0.25, 0.3) is 12.2 Å². The molecule has 0 saturated carbocycles. The minimum absolute atomic E-state index is 0.316. The quantitative estimate of drug-likeness (QED) is 0.535. The minimum Gasteiger partial charge on any atom is -0.508 e. The van der Waals surface area contributed by atoms with E-state index in [1.54, 1.807) is 12.1 Å². The van der Waals surface area contributed by atoms with Gasteiger partial charge in [0.25, 0.3) is 0 Å². The number of rotatable bonds is 2. The molecule has 3 aromatic rings. The van der Waals surface area contributed by atoms with Crippen molar-refractivity contribution in [3.8, 4) is 5.75 Å². The highest BCUT2D eigenvalue weighted by Crippen LogP contribution is 2.07. The van der Waals surface area contributed by atoms with Crippen LogP contribution in [0.1, 0.15) is 11.1 Å². The van der Waals surface area contributed by atoms with Gasteiger partial charge in [0.15, 0.2) is 0 Å². The molecular formula is C20H19OP. The van der Waals surface area contributed by atoms with Crippen molar-refractivity contribution in [3.63, 3.8) is 0 Å². The molecule has 0 aliphatic rings. The molecule has 1 nitrogen and oxygen atoms in total. The van der Waals surface area contributed by atoms with E-state index < -0.39 is 0 Å². The Balaban J connectivity index is 0.000000188. The van der Waals surface area contributed by atoms with E-state index in [-0.39, 0.29) is 0 Å². The van der Waals surface area contributed by atoms with Crippen LogP contribution < -0.4 is 5.30 Å². The van der Waals surface area contributed by atoms with Crippen LogP contribution in [0.15, 0.2) is 84.9 Å². The number of hydrogen-bond donors (Lipinski definition) is 1. The Labute approximate surface area is 134 Å². The lowest BCUT2D eigenvalue weighted by Gasteiger charge is -1.92. The van der Waals surface area contributed by atoms with Crippen LogP contribution in [0.3, 0.4) is 0 Å². The first-order chi connectivity index (χ1) is 10.7. The van der Waals surface area contributed by atoms with Gasteiger partial charge in [-0.15, -0.1) is 9.24 Å². The zero-order chi connectivity index (χ0) is 15.6. The predicted octanol–water partition coefficient (Wildman–Crippen LogP) is 4.75. The van der Waals surface area contributed by atoms with Crippen LogP contribution in [0.4, 0.5) is 0 Å². The number of hydrogen-bond acceptors (Lipinski definition) is 1. The number of aromatic hydroxyl groups is 1. The molecule has 0 aliphatic carbocycles. The number of benzene rings is 3. The molecule has 1 unspecified atom stereocenters. The Morgan fingerprint density at radius 2 is 1.00 bits per heavy atom. The molecular weight excluding hydrogens is 287 g/mol. The van der Waals surface area contributed by atoms with Gasteiger partial charge in [-0.25, -0.2) is 0 Å². The second kappa shape index (κ2) is 8.81. The van der Waals surface area contributed by atoms with Crippen molar-refractivity contribution in [2.75, 3.05) is 0 Å².